The van der Waals surface area contributed by atoms with Crippen molar-refractivity contribution < 1.29 is 14.3 Å². The molecule has 4 aromatic rings. The van der Waals surface area contributed by atoms with E-state index in [0.29, 0.717) is 30.5 Å². The molecule has 0 aliphatic carbocycles. The van der Waals surface area contributed by atoms with Gasteiger partial charge in [-0.3, -0.25) is 9.69 Å². The summed E-state index contributed by atoms with van der Waals surface area (Å²) in [6.07, 6.45) is 0. The Bertz CT molecular complexity index is 1160. The van der Waals surface area contributed by atoms with Gasteiger partial charge in [0, 0.05) is 5.56 Å². The van der Waals surface area contributed by atoms with Crippen LogP contribution in [0.25, 0.3) is 10.2 Å². The molecular weight excluding hydrogens is 408 g/mol. The molecule has 1 heterocycles. The maximum atomic E-state index is 13.5. The molecule has 0 spiro atoms. The minimum absolute atomic E-state index is 0.101. The number of amides is 1. The number of carbonyl (C=O) groups is 1. The van der Waals surface area contributed by atoms with E-state index in [1.807, 2.05) is 74.5 Å². The van der Waals surface area contributed by atoms with Crippen LogP contribution in [0.3, 0.4) is 0 Å². The van der Waals surface area contributed by atoms with Gasteiger partial charge in [0.1, 0.15) is 11.5 Å². The Morgan fingerprint density at radius 3 is 2.29 bits per heavy atom. The van der Waals surface area contributed by atoms with Crippen LogP contribution in [0, 0.1) is 0 Å². The lowest BCUT2D eigenvalue weighted by atomic mass is 10.1. The summed E-state index contributed by atoms with van der Waals surface area (Å²) in [5.74, 6) is 1.45. The Morgan fingerprint density at radius 1 is 0.903 bits per heavy atom. The molecule has 0 saturated carbocycles. The number of ether oxygens (including phenoxy) is 2. The number of carbonyl (C=O) groups excluding carboxylic acids is 1. The Kier molecular flexibility index (Phi) is 6.48. The zero-order valence-electron chi connectivity index (χ0n) is 17.6. The van der Waals surface area contributed by atoms with E-state index in [9.17, 15) is 4.79 Å². The second-order valence-corrected chi connectivity index (χ2v) is 7.90. The van der Waals surface area contributed by atoms with Crippen molar-refractivity contribution in [2.75, 3.05) is 18.1 Å². The summed E-state index contributed by atoms with van der Waals surface area (Å²) in [6, 6.07) is 23.0. The lowest BCUT2D eigenvalue weighted by Crippen LogP contribution is -2.30. The highest BCUT2D eigenvalue weighted by Gasteiger charge is 2.22. The highest BCUT2D eigenvalue weighted by Crippen LogP contribution is 2.33. The predicted octanol–water partition coefficient (Wildman–Crippen LogP) is 5.94. The van der Waals surface area contributed by atoms with Crippen LogP contribution >= 0.6 is 11.3 Å². The number of aromatic nitrogens is 1. The highest BCUT2D eigenvalue weighted by molar-refractivity contribution is 7.22. The minimum atomic E-state index is -0.101. The molecule has 0 unspecified atom stereocenters. The molecule has 4 rings (SSSR count). The van der Waals surface area contributed by atoms with Crippen LogP contribution in [0.1, 0.15) is 29.8 Å². The van der Waals surface area contributed by atoms with E-state index in [1.54, 1.807) is 17.0 Å². The molecule has 0 fully saturated rings. The van der Waals surface area contributed by atoms with Crippen LogP contribution in [0.2, 0.25) is 0 Å². The molecular formula is C25H24N2O3S. The van der Waals surface area contributed by atoms with Crippen LogP contribution in [-0.4, -0.2) is 24.1 Å². The third-order valence-corrected chi connectivity index (χ3v) is 5.77. The highest BCUT2D eigenvalue weighted by atomic mass is 32.1. The summed E-state index contributed by atoms with van der Waals surface area (Å²) >= 11 is 1.49. The minimum Gasteiger partial charge on any atom is -0.494 e. The Morgan fingerprint density at radius 2 is 1.58 bits per heavy atom. The number of hydrogen-bond acceptors (Lipinski definition) is 5. The van der Waals surface area contributed by atoms with Crippen molar-refractivity contribution in [2.24, 2.45) is 0 Å². The Balaban J connectivity index is 1.70. The van der Waals surface area contributed by atoms with Crippen LogP contribution < -0.4 is 14.4 Å². The zero-order valence-corrected chi connectivity index (χ0v) is 18.4. The summed E-state index contributed by atoms with van der Waals surface area (Å²) in [6.45, 7) is 5.52. The maximum Gasteiger partial charge on any atom is 0.260 e. The molecule has 31 heavy (non-hydrogen) atoms. The van der Waals surface area contributed by atoms with Crippen molar-refractivity contribution in [3.63, 3.8) is 0 Å². The van der Waals surface area contributed by atoms with Gasteiger partial charge in [-0.2, -0.15) is 0 Å². The fourth-order valence-electron chi connectivity index (χ4n) is 3.27. The molecule has 0 saturated heterocycles. The van der Waals surface area contributed by atoms with Gasteiger partial charge in [0.15, 0.2) is 5.13 Å². The third-order valence-electron chi connectivity index (χ3n) is 4.73. The number of nitrogens with zero attached hydrogens (tertiary/aromatic N) is 2. The molecule has 0 atom stereocenters. The SMILES string of the molecule is CCOc1ccc(C(=O)N(Cc2ccccc2)c2nc3ccc(OCC)cc3s2)cc1. The summed E-state index contributed by atoms with van der Waals surface area (Å²) in [4.78, 5) is 20.0. The standard InChI is InChI=1S/C25H24N2O3S/c1-3-29-20-12-10-19(11-13-20)24(28)27(17-18-8-6-5-7-9-18)25-26-22-15-14-21(30-4-2)16-23(22)31-25/h5-16H,3-4,17H2,1-2H3. The molecule has 0 bridgehead atoms. The molecule has 158 valence electrons. The summed E-state index contributed by atoms with van der Waals surface area (Å²) in [5.41, 5.74) is 2.48. The van der Waals surface area contributed by atoms with Gasteiger partial charge in [-0.05, 0) is 61.9 Å². The number of anilines is 1. The third kappa shape index (κ3) is 4.86. The molecule has 3 aromatic carbocycles. The lowest BCUT2D eigenvalue weighted by molar-refractivity contribution is 0.0985. The Hall–Kier alpha value is -3.38. The molecule has 0 N–H and O–H groups in total. The van der Waals surface area contributed by atoms with Gasteiger partial charge in [-0.1, -0.05) is 41.7 Å². The second-order valence-electron chi connectivity index (χ2n) is 6.89. The molecule has 0 aliphatic rings. The van der Waals surface area contributed by atoms with Gasteiger partial charge in [0.2, 0.25) is 0 Å². The van der Waals surface area contributed by atoms with E-state index >= 15 is 0 Å². The maximum absolute atomic E-state index is 13.5. The van der Waals surface area contributed by atoms with Crippen molar-refractivity contribution in [1.82, 2.24) is 4.98 Å². The average molecular weight is 433 g/mol. The molecule has 6 heteroatoms. The van der Waals surface area contributed by atoms with E-state index < -0.39 is 0 Å². The second kappa shape index (κ2) is 9.62. The number of benzene rings is 3. The van der Waals surface area contributed by atoms with Crippen molar-refractivity contribution in [3.8, 4) is 11.5 Å². The van der Waals surface area contributed by atoms with Crippen LogP contribution in [-0.2, 0) is 6.54 Å². The normalized spacial score (nSPS) is 10.8. The first-order valence-corrected chi connectivity index (χ1v) is 11.1. The fraction of sp³-hybridized carbons (Fsp3) is 0.200. The number of hydrogen-bond donors (Lipinski definition) is 0. The topological polar surface area (TPSA) is 51.7 Å². The van der Waals surface area contributed by atoms with E-state index in [4.69, 9.17) is 14.5 Å². The molecule has 1 aromatic heterocycles. The fourth-order valence-corrected chi connectivity index (χ4v) is 4.26. The zero-order chi connectivity index (χ0) is 21.6. The van der Waals surface area contributed by atoms with Gasteiger partial charge in [-0.15, -0.1) is 0 Å². The van der Waals surface area contributed by atoms with Gasteiger partial charge < -0.3 is 9.47 Å². The monoisotopic (exact) mass is 432 g/mol. The largest absolute Gasteiger partial charge is 0.494 e. The van der Waals surface area contributed by atoms with Crippen LogP contribution in [0.4, 0.5) is 5.13 Å². The smallest absolute Gasteiger partial charge is 0.260 e. The van der Waals surface area contributed by atoms with E-state index in [0.717, 1.165) is 27.3 Å². The Labute approximate surface area is 185 Å². The lowest BCUT2D eigenvalue weighted by Gasteiger charge is -2.20. The first-order valence-electron chi connectivity index (χ1n) is 10.3. The summed E-state index contributed by atoms with van der Waals surface area (Å²) in [7, 11) is 0. The van der Waals surface area contributed by atoms with Gasteiger partial charge in [0.25, 0.3) is 5.91 Å². The van der Waals surface area contributed by atoms with E-state index in [-0.39, 0.29) is 5.91 Å². The van der Waals surface area contributed by atoms with Crippen LogP contribution in [0.5, 0.6) is 11.5 Å². The van der Waals surface area contributed by atoms with E-state index in [1.165, 1.54) is 11.3 Å². The van der Waals surface area contributed by atoms with E-state index in [2.05, 4.69) is 0 Å². The van der Waals surface area contributed by atoms with Gasteiger partial charge in [0.05, 0.1) is 30.0 Å². The van der Waals surface area contributed by atoms with Crippen molar-refractivity contribution in [1.29, 1.82) is 0 Å². The summed E-state index contributed by atoms with van der Waals surface area (Å²) < 4.78 is 12.1. The number of fused-ring (bicyclic) bond motifs is 1. The van der Waals surface area contributed by atoms with Crippen molar-refractivity contribution in [3.05, 3.63) is 83.9 Å². The first-order chi connectivity index (χ1) is 15.2. The number of rotatable bonds is 8. The number of thiazole rings is 1. The van der Waals surface area contributed by atoms with Crippen molar-refractivity contribution >= 4 is 32.6 Å². The quantitative estimate of drug-likeness (QED) is 0.346. The van der Waals surface area contributed by atoms with Crippen LogP contribution in [0.15, 0.2) is 72.8 Å². The molecule has 0 aliphatic heterocycles. The molecule has 1 amide bonds. The van der Waals surface area contributed by atoms with Crippen molar-refractivity contribution in [2.45, 2.75) is 20.4 Å². The average Bonchev–Trinajstić information content (AvgIpc) is 3.22. The predicted molar refractivity (Wildman–Crippen MR) is 125 cm³/mol. The molecule has 5 nitrogen and oxygen atoms in total. The van der Waals surface area contributed by atoms with Gasteiger partial charge >= 0.3 is 0 Å². The molecule has 0 radical (unpaired) electrons. The first kappa shape index (κ1) is 20.9. The summed E-state index contributed by atoms with van der Waals surface area (Å²) in [5, 5.41) is 0.659. The van der Waals surface area contributed by atoms with Gasteiger partial charge in [-0.25, -0.2) is 4.98 Å².